The number of methoxy groups -OCH3 is 1. The number of aromatic nitrogens is 1. The summed E-state index contributed by atoms with van der Waals surface area (Å²) in [4.78, 5) is 43.6. The Hall–Kier alpha value is -4.67. The predicted molar refractivity (Wildman–Crippen MR) is 159 cm³/mol. The molecule has 1 aromatic heterocycles. The Morgan fingerprint density at radius 2 is 1.81 bits per heavy atom. The fourth-order valence-electron chi connectivity index (χ4n) is 4.58. The average Bonchev–Trinajstić information content (AvgIpc) is 3.30. The number of carbonyl (C=O) groups is 2. The highest BCUT2D eigenvalue weighted by atomic mass is 35.5. The molecule has 0 saturated heterocycles. The standard InChI is InChI=1S/C31H25ClN2O7S/c1-3-40-30(38)26-27(19-7-5-4-6-8-19)33-31-34(28(26)20-10-12-21(32)13-11-20)29(37)24(42-31)16-18-9-14-22(23(15-18)39-2)41-17-25(35)36/h4-16,28H,3,17H2,1-2H3,(H,35,36)/b24-16+/t28-/m0/s1. The van der Waals surface area contributed by atoms with Crippen LogP contribution in [0.25, 0.3) is 11.8 Å². The number of carboxylic acids is 1. The number of esters is 1. The predicted octanol–water partition coefficient (Wildman–Crippen LogP) is 4.06. The molecular weight excluding hydrogens is 580 g/mol. The molecule has 0 radical (unpaired) electrons. The Bertz CT molecular complexity index is 1860. The maximum Gasteiger partial charge on any atom is 0.341 e. The Labute approximate surface area is 249 Å². The van der Waals surface area contributed by atoms with E-state index in [4.69, 9.17) is 35.9 Å². The van der Waals surface area contributed by atoms with Crippen LogP contribution in [0, 0.1) is 0 Å². The lowest BCUT2D eigenvalue weighted by molar-refractivity contribution is -0.140. The number of rotatable bonds is 9. The van der Waals surface area contributed by atoms with Gasteiger partial charge in [0.2, 0.25) is 0 Å². The Balaban J connectivity index is 1.72. The van der Waals surface area contributed by atoms with Crippen LogP contribution in [0.3, 0.4) is 0 Å². The van der Waals surface area contributed by atoms with Crippen molar-refractivity contribution in [2.75, 3.05) is 20.3 Å². The number of ether oxygens (including phenoxy) is 3. The number of thiazole rings is 1. The van der Waals surface area contributed by atoms with Gasteiger partial charge in [0.15, 0.2) is 22.9 Å². The number of halogens is 1. The number of nitrogens with zero attached hydrogens (tertiary/aromatic N) is 2. The average molecular weight is 605 g/mol. The molecule has 0 amide bonds. The first kappa shape index (κ1) is 28.8. The first-order valence-electron chi connectivity index (χ1n) is 12.9. The maximum atomic E-state index is 14.0. The first-order chi connectivity index (χ1) is 20.3. The normalized spacial score (nSPS) is 14.6. The molecule has 11 heteroatoms. The van der Waals surface area contributed by atoms with E-state index in [0.29, 0.717) is 42.5 Å². The van der Waals surface area contributed by atoms with E-state index in [2.05, 4.69) is 0 Å². The van der Waals surface area contributed by atoms with Crippen molar-refractivity contribution in [3.63, 3.8) is 0 Å². The first-order valence-corrected chi connectivity index (χ1v) is 14.1. The summed E-state index contributed by atoms with van der Waals surface area (Å²) >= 11 is 7.36. The molecule has 9 nitrogen and oxygen atoms in total. The van der Waals surface area contributed by atoms with Crippen molar-refractivity contribution in [3.05, 3.63) is 120 Å². The number of hydrogen-bond donors (Lipinski definition) is 1. The van der Waals surface area contributed by atoms with Gasteiger partial charge >= 0.3 is 11.9 Å². The topological polar surface area (TPSA) is 116 Å². The molecule has 1 atom stereocenters. The monoisotopic (exact) mass is 604 g/mol. The van der Waals surface area contributed by atoms with Gasteiger partial charge in [0.1, 0.15) is 0 Å². The Morgan fingerprint density at radius 3 is 2.48 bits per heavy atom. The largest absolute Gasteiger partial charge is 0.493 e. The van der Waals surface area contributed by atoms with E-state index in [1.807, 2.05) is 30.3 Å². The van der Waals surface area contributed by atoms with E-state index < -0.39 is 24.6 Å². The SMILES string of the molecule is CCOC(=O)C1=C(c2ccccc2)N=c2s/c(=C/c3ccc(OCC(=O)O)c(OC)c3)c(=O)n2[C@H]1c1ccc(Cl)cc1. The summed E-state index contributed by atoms with van der Waals surface area (Å²) in [6, 6.07) is 20.3. The lowest BCUT2D eigenvalue weighted by Gasteiger charge is -2.25. The van der Waals surface area contributed by atoms with Crippen molar-refractivity contribution in [1.82, 2.24) is 4.57 Å². The smallest absolute Gasteiger partial charge is 0.341 e. The highest BCUT2D eigenvalue weighted by molar-refractivity contribution is 7.07. The van der Waals surface area contributed by atoms with Gasteiger partial charge in [-0.3, -0.25) is 9.36 Å². The highest BCUT2D eigenvalue weighted by Crippen LogP contribution is 2.35. The number of aliphatic carboxylic acids is 1. The number of hydrogen-bond acceptors (Lipinski definition) is 8. The third kappa shape index (κ3) is 5.86. The zero-order valence-electron chi connectivity index (χ0n) is 22.6. The zero-order chi connectivity index (χ0) is 29.8. The van der Waals surface area contributed by atoms with E-state index in [1.54, 1.807) is 55.5 Å². The van der Waals surface area contributed by atoms with Crippen LogP contribution in [0.5, 0.6) is 11.5 Å². The molecule has 0 aliphatic carbocycles. The van der Waals surface area contributed by atoms with Crippen LogP contribution in [0.4, 0.5) is 0 Å². The third-order valence-corrected chi connectivity index (χ3v) is 7.63. The van der Waals surface area contributed by atoms with Crippen molar-refractivity contribution >= 4 is 46.6 Å². The van der Waals surface area contributed by atoms with Gasteiger partial charge in [-0.25, -0.2) is 14.6 Å². The quantitative estimate of drug-likeness (QED) is 0.286. The highest BCUT2D eigenvalue weighted by Gasteiger charge is 2.35. The second kappa shape index (κ2) is 12.5. The zero-order valence-corrected chi connectivity index (χ0v) is 24.1. The second-order valence-corrected chi connectivity index (χ2v) is 10.5. The molecule has 214 valence electrons. The minimum atomic E-state index is -1.12. The molecular formula is C31H25ClN2O7S. The lowest BCUT2D eigenvalue weighted by atomic mass is 9.93. The molecule has 0 unspecified atom stereocenters. The summed E-state index contributed by atoms with van der Waals surface area (Å²) in [5, 5.41) is 9.45. The van der Waals surface area contributed by atoms with Gasteiger partial charge in [-0.05, 0) is 48.4 Å². The summed E-state index contributed by atoms with van der Waals surface area (Å²) in [6.07, 6.45) is 1.68. The number of carbonyl (C=O) groups excluding carboxylic acids is 1. The van der Waals surface area contributed by atoms with Crippen LogP contribution in [-0.4, -0.2) is 41.9 Å². The molecule has 2 heterocycles. The molecule has 0 spiro atoms. The van der Waals surface area contributed by atoms with E-state index in [-0.39, 0.29) is 23.5 Å². The molecule has 1 aliphatic rings. The molecule has 5 rings (SSSR count). The van der Waals surface area contributed by atoms with Gasteiger partial charge in [-0.2, -0.15) is 0 Å². The van der Waals surface area contributed by atoms with E-state index in [0.717, 1.165) is 0 Å². The van der Waals surface area contributed by atoms with Gasteiger partial charge in [-0.1, -0.05) is 71.5 Å². The molecule has 4 aromatic rings. The van der Waals surface area contributed by atoms with Gasteiger partial charge < -0.3 is 19.3 Å². The molecule has 0 saturated carbocycles. The van der Waals surface area contributed by atoms with Crippen LogP contribution in [0.1, 0.15) is 29.7 Å². The van der Waals surface area contributed by atoms with Crippen molar-refractivity contribution in [2.45, 2.75) is 13.0 Å². The summed E-state index contributed by atoms with van der Waals surface area (Å²) in [6.45, 7) is 1.35. The summed E-state index contributed by atoms with van der Waals surface area (Å²) < 4.78 is 18.0. The van der Waals surface area contributed by atoms with Gasteiger partial charge in [0.05, 0.1) is 35.6 Å². The molecule has 0 bridgehead atoms. The fourth-order valence-corrected chi connectivity index (χ4v) is 5.71. The molecule has 3 aromatic carbocycles. The van der Waals surface area contributed by atoms with Crippen LogP contribution in [-0.2, 0) is 14.3 Å². The third-order valence-electron chi connectivity index (χ3n) is 6.40. The van der Waals surface area contributed by atoms with Crippen molar-refractivity contribution in [2.24, 2.45) is 4.99 Å². The van der Waals surface area contributed by atoms with Crippen molar-refractivity contribution in [1.29, 1.82) is 0 Å². The van der Waals surface area contributed by atoms with Gasteiger partial charge in [-0.15, -0.1) is 0 Å². The molecule has 1 N–H and O–H groups in total. The fraction of sp³-hybridized carbons (Fsp3) is 0.161. The summed E-state index contributed by atoms with van der Waals surface area (Å²) in [7, 11) is 1.44. The van der Waals surface area contributed by atoms with Crippen molar-refractivity contribution in [3.8, 4) is 11.5 Å². The summed E-state index contributed by atoms with van der Waals surface area (Å²) in [5.41, 5.74) is 2.31. The number of carboxylic acid groups (broad SMARTS) is 1. The van der Waals surface area contributed by atoms with Crippen LogP contribution < -0.4 is 24.4 Å². The van der Waals surface area contributed by atoms with E-state index in [9.17, 15) is 14.4 Å². The molecule has 42 heavy (non-hydrogen) atoms. The van der Waals surface area contributed by atoms with Crippen LogP contribution >= 0.6 is 22.9 Å². The van der Waals surface area contributed by atoms with Crippen molar-refractivity contribution < 1.29 is 28.9 Å². The molecule has 1 aliphatic heterocycles. The minimum Gasteiger partial charge on any atom is -0.493 e. The Kier molecular flexibility index (Phi) is 8.56. The van der Waals surface area contributed by atoms with Gasteiger partial charge in [0.25, 0.3) is 5.56 Å². The maximum absolute atomic E-state index is 14.0. The van der Waals surface area contributed by atoms with E-state index >= 15 is 0 Å². The summed E-state index contributed by atoms with van der Waals surface area (Å²) in [5.74, 6) is -1.12. The Morgan fingerprint density at radius 1 is 1.07 bits per heavy atom. The lowest BCUT2D eigenvalue weighted by Crippen LogP contribution is -2.40. The number of benzene rings is 3. The van der Waals surface area contributed by atoms with Gasteiger partial charge in [0, 0.05) is 10.6 Å². The van der Waals surface area contributed by atoms with Crippen LogP contribution in [0.2, 0.25) is 5.02 Å². The number of fused-ring (bicyclic) bond motifs is 1. The second-order valence-electron chi connectivity index (χ2n) is 9.08. The van der Waals surface area contributed by atoms with E-state index in [1.165, 1.54) is 23.0 Å². The minimum absolute atomic E-state index is 0.149. The molecule has 0 fully saturated rings. The van der Waals surface area contributed by atoms with Crippen LogP contribution in [0.15, 0.2) is 88.2 Å².